The van der Waals surface area contributed by atoms with Crippen LogP contribution < -0.4 is 20.6 Å². The van der Waals surface area contributed by atoms with E-state index in [9.17, 15) is 0 Å². The Hall–Kier alpha value is -1.86. The number of fused-ring (bicyclic) bond motifs is 3. The molecule has 0 aliphatic carbocycles. The largest absolute Gasteiger partial charge is 0.493 e. The van der Waals surface area contributed by atoms with Gasteiger partial charge in [0.15, 0.2) is 16.6 Å². The number of piperidine rings is 1. The molecule has 2 aliphatic heterocycles. The van der Waals surface area contributed by atoms with Crippen molar-refractivity contribution in [1.29, 1.82) is 0 Å². The number of benzene rings is 1. The molecule has 1 saturated heterocycles. The van der Waals surface area contributed by atoms with Gasteiger partial charge in [0, 0.05) is 37.2 Å². The Morgan fingerprint density at radius 3 is 2.67 bits per heavy atom. The number of nitrogens with one attached hydrogen (secondary N) is 1. The van der Waals surface area contributed by atoms with Crippen LogP contribution >= 0.6 is 12.2 Å². The number of thiocarbonyl (C=S) groups is 1. The van der Waals surface area contributed by atoms with Crippen molar-refractivity contribution in [2.75, 3.05) is 27.3 Å². The van der Waals surface area contributed by atoms with Crippen LogP contribution in [0.1, 0.15) is 43.9 Å². The minimum absolute atomic E-state index is 0.212. The van der Waals surface area contributed by atoms with E-state index < -0.39 is 0 Å². The van der Waals surface area contributed by atoms with Gasteiger partial charge in [0.25, 0.3) is 0 Å². The molecule has 0 bridgehead atoms. The summed E-state index contributed by atoms with van der Waals surface area (Å²) in [6.07, 6.45) is 3.01. The van der Waals surface area contributed by atoms with E-state index in [4.69, 9.17) is 27.4 Å². The van der Waals surface area contributed by atoms with Gasteiger partial charge in [-0.3, -0.25) is 10.3 Å². The zero-order valence-electron chi connectivity index (χ0n) is 16.6. The lowest BCUT2D eigenvalue weighted by Gasteiger charge is -2.44. The molecule has 3 rings (SSSR count). The first kappa shape index (κ1) is 19.9. The van der Waals surface area contributed by atoms with Crippen molar-refractivity contribution in [3.05, 3.63) is 23.3 Å². The van der Waals surface area contributed by atoms with E-state index in [0.717, 1.165) is 49.6 Å². The van der Waals surface area contributed by atoms with Crippen molar-refractivity contribution in [2.45, 2.75) is 39.2 Å². The molecule has 1 fully saturated rings. The molecule has 6 nitrogen and oxygen atoms in total. The standard InChI is InChI=1S/C20H30N4O2S/c1-12(2)7-14-11-24-6-5-13-8-18(25-3)19(26-4)9-15(13)17(24)10-16(14)22-23-20(21)27/h8-9,12,14,17H,5-7,10-11H2,1-4H3,(H3,21,23,27). The minimum Gasteiger partial charge on any atom is -0.493 e. The Balaban J connectivity index is 1.93. The van der Waals surface area contributed by atoms with Crippen molar-refractivity contribution in [3.8, 4) is 11.5 Å². The van der Waals surface area contributed by atoms with Crippen LogP contribution in [0.2, 0.25) is 0 Å². The number of hydrogen-bond donors (Lipinski definition) is 2. The fourth-order valence-electron chi connectivity index (χ4n) is 4.33. The number of hydrazone groups is 1. The van der Waals surface area contributed by atoms with Gasteiger partial charge in [0.2, 0.25) is 0 Å². The Morgan fingerprint density at radius 2 is 2.04 bits per heavy atom. The zero-order valence-corrected chi connectivity index (χ0v) is 17.4. The summed E-state index contributed by atoms with van der Waals surface area (Å²) >= 11 is 4.95. The van der Waals surface area contributed by atoms with Crippen molar-refractivity contribution in [2.24, 2.45) is 22.7 Å². The first-order valence-electron chi connectivity index (χ1n) is 9.53. The lowest BCUT2D eigenvalue weighted by atomic mass is 9.79. The molecule has 0 saturated carbocycles. The molecule has 0 spiro atoms. The third-order valence-electron chi connectivity index (χ3n) is 5.51. The van der Waals surface area contributed by atoms with Crippen LogP contribution in [0, 0.1) is 11.8 Å². The van der Waals surface area contributed by atoms with E-state index in [-0.39, 0.29) is 5.11 Å². The van der Waals surface area contributed by atoms with E-state index in [2.05, 4.69) is 41.4 Å². The number of nitrogens with two attached hydrogens (primary N) is 1. The summed E-state index contributed by atoms with van der Waals surface area (Å²) in [7, 11) is 3.37. The lowest BCUT2D eigenvalue weighted by molar-refractivity contribution is 0.147. The summed E-state index contributed by atoms with van der Waals surface area (Å²) in [6, 6.07) is 4.55. The van der Waals surface area contributed by atoms with E-state index in [0.29, 0.717) is 17.9 Å². The second-order valence-electron chi connectivity index (χ2n) is 7.78. The average molecular weight is 391 g/mol. The second-order valence-corrected chi connectivity index (χ2v) is 8.22. The Kier molecular flexibility index (Phi) is 6.22. The zero-order chi connectivity index (χ0) is 19.6. The van der Waals surface area contributed by atoms with Crippen LogP contribution in [0.15, 0.2) is 17.2 Å². The first-order chi connectivity index (χ1) is 12.9. The van der Waals surface area contributed by atoms with Crippen LogP contribution in [-0.4, -0.2) is 43.0 Å². The molecule has 0 amide bonds. The molecule has 148 valence electrons. The fourth-order valence-corrected chi connectivity index (χ4v) is 4.38. The van der Waals surface area contributed by atoms with Crippen molar-refractivity contribution in [1.82, 2.24) is 10.3 Å². The molecular formula is C20H30N4O2S. The third kappa shape index (κ3) is 4.35. The molecule has 2 heterocycles. The number of hydrogen-bond acceptors (Lipinski definition) is 5. The third-order valence-corrected chi connectivity index (χ3v) is 5.60. The van der Waals surface area contributed by atoms with Crippen molar-refractivity contribution in [3.63, 3.8) is 0 Å². The van der Waals surface area contributed by atoms with Gasteiger partial charge in [-0.2, -0.15) is 5.10 Å². The summed E-state index contributed by atoms with van der Waals surface area (Å²) in [4.78, 5) is 2.58. The number of methoxy groups -OCH3 is 2. The number of rotatable bonds is 5. The monoisotopic (exact) mass is 390 g/mol. The summed E-state index contributed by atoms with van der Waals surface area (Å²) in [5.74, 6) is 2.61. The molecule has 27 heavy (non-hydrogen) atoms. The van der Waals surface area contributed by atoms with Crippen LogP contribution in [0.5, 0.6) is 11.5 Å². The maximum Gasteiger partial charge on any atom is 0.184 e. The van der Waals surface area contributed by atoms with E-state index in [1.165, 1.54) is 11.1 Å². The maximum absolute atomic E-state index is 5.61. The summed E-state index contributed by atoms with van der Waals surface area (Å²) in [5, 5.41) is 4.79. The van der Waals surface area contributed by atoms with Gasteiger partial charge in [0.1, 0.15) is 0 Å². The highest BCUT2D eigenvalue weighted by atomic mass is 32.1. The highest BCUT2D eigenvalue weighted by Gasteiger charge is 2.37. The van der Waals surface area contributed by atoms with E-state index >= 15 is 0 Å². The van der Waals surface area contributed by atoms with Crippen LogP contribution in [0.4, 0.5) is 0 Å². The molecule has 2 atom stereocenters. The maximum atomic E-state index is 5.61. The van der Waals surface area contributed by atoms with Crippen LogP contribution in [0.25, 0.3) is 0 Å². The van der Waals surface area contributed by atoms with Gasteiger partial charge in [0.05, 0.1) is 14.2 Å². The van der Waals surface area contributed by atoms with Crippen LogP contribution in [-0.2, 0) is 6.42 Å². The SMILES string of the molecule is COc1cc2c(cc1OC)C1CC(=NNC(N)=S)C(CC(C)C)CN1CC2. The average Bonchev–Trinajstić information content (AvgIpc) is 2.64. The highest BCUT2D eigenvalue weighted by Crippen LogP contribution is 2.42. The summed E-state index contributed by atoms with van der Waals surface area (Å²) < 4.78 is 11.0. The molecular weight excluding hydrogens is 360 g/mol. The summed E-state index contributed by atoms with van der Waals surface area (Å²) in [6.45, 7) is 6.58. The quantitative estimate of drug-likeness (QED) is 0.595. The molecule has 0 radical (unpaired) electrons. The molecule has 3 N–H and O–H groups in total. The molecule has 2 aliphatic rings. The Morgan fingerprint density at radius 1 is 1.33 bits per heavy atom. The Bertz CT molecular complexity index is 735. The van der Waals surface area contributed by atoms with Crippen LogP contribution in [0.3, 0.4) is 0 Å². The molecule has 1 aromatic rings. The topological polar surface area (TPSA) is 72.1 Å². The molecule has 1 aromatic carbocycles. The van der Waals surface area contributed by atoms with E-state index in [1.807, 2.05) is 0 Å². The second kappa shape index (κ2) is 8.44. The van der Waals surface area contributed by atoms with Gasteiger partial charge in [-0.15, -0.1) is 0 Å². The van der Waals surface area contributed by atoms with Gasteiger partial charge < -0.3 is 15.2 Å². The molecule has 2 unspecified atom stereocenters. The molecule has 7 heteroatoms. The van der Waals surface area contributed by atoms with Gasteiger partial charge in [-0.25, -0.2) is 0 Å². The number of ether oxygens (including phenoxy) is 2. The molecule has 0 aromatic heterocycles. The van der Waals surface area contributed by atoms with Crippen molar-refractivity contribution >= 4 is 23.0 Å². The lowest BCUT2D eigenvalue weighted by Crippen LogP contribution is -2.47. The fraction of sp³-hybridized carbons (Fsp3) is 0.600. The van der Waals surface area contributed by atoms with Gasteiger partial charge >= 0.3 is 0 Å². The Labute approximate surface area is 167 Å². The van der Waals surface area contributed by atoms with E-state index in [1.54, 1.807) is 14.2 Å². The first-order valence-corrected chi connectivity index (χ1v) is 9.94. The van der Waals surface area contributed by atoms with Gasteiger partial charge in [-0.05, 0) is 54.2 Å². The van der Waals surface area contributed by atoms with Crippen molar-refractivity contribution < 1.29 is 9.47 Å². The normalized spacial score (nSPS) is 23.7. The predicted octanol–water partition coefficient (Wildman–Crippen LogP) is 2.86. The number of nitrogens with zero attached hydrogens (tertiary/aromatic N) is 2. The highest BCUT2D eigenvalue weighted by molar-refractivity contribution is 7.80. The predicted molar refractivity (Wildman–Crippen MR) is 112 cm³/mol. The minimum atomic E-state index is 0.212. The summed E-state index contributed by atoms with van der Waals surface area (Å²) in [5.41, 5.74) is 12.2. The smallest absolute Gasteiger partial charge is 0.184 e. The van der Waals surface area contributed by atoms with Gasteiger partial charge in [-0.1, -0.05) is 13.8 Å².